The molecule has 0 aliphatic rings. The minimum Gasteiger partial charge on any atom is -0.278 e. The SMILES string of the molecule is C/C(=N/Nc1ccc(Cl)cc1)c1ccc(Cl)cc1. The van der Waals surface area contributed by atoms with Crippen molar-refractivity contribution >= 4 is 34.6 Å². The lowest BCUT2D eigenvalue weighted by molar-refractivity contribution is 1.32. The van der Waals surface area contributed by atoms with Gasteiger partial charge < -0.3 is 0 Å². The van der Waals surface area contributed by atoms with Gasteiger partial charge in [0.25, 0.3) is 0 Å². The smallest absolute Gasteiger partial charge is 0.0648 e. The number of nitrogens with one attached hydrogen (secondary N) is 1. The molecular weight excluding hydrogens is 267 g/mol. The third-order valence-electron chi connectivity index (χ3n) is 2.46. The summed E-state index contributed by atoms with van der Waals surface area (Å²) in [5.41, 5.74) is 5.80. The van der Waals surface area contributed by atoms with Gasteiger partial charge in [-0.15, -0.1) is 0 Å². The Hall–Kier alpha value is -1.51. The van der Waals surface area contributed by atoms with Crippen molar-refractivity contribution in [3.05, 3.63) is 64.1 Å². The molecule has 2 rings (SSSR count). The minimum atomic E-state index is 0.707. The summed E-state index contributed by atoms with van der Waals surface area (Å²) in [5, 5.41) is 5.73. The van der Waals surface area contributed by atoms with E-state index in [9.17, 15) is 0 Å². The first-order valence-electron chi connectivity index (χ1n) is 5.47. The number of benzene rings is 2. The zero-order valence-corrected chi connectivity index (χ0v) is 11.3. The molecule has 1 N–H and O–H groups in total. The van der Waals surface area contributed by atoms with E-state index in [1.54, 1.807) is 0 Å². The van der Waals surface area contributed by atoms with E-state index in [1.807, 2.05) is 55.5 Å². The Labute approximate surface area is 116 Å². The van der Waals surface area contributed by atoms with E-state index in [2.05, 4.69) is 10.5 Å². The summed E-state index contributed by atoms with van der Waals surface area (Å²) in [6, 6.07) is 14.9. The molecule has 0 bridgehead atoms. The second kappa shape index (κ2) is 5.89. The summed E-state index contributed by atoms with van der Waals surface area (Å²) in [4.78, 5) is 0. The number of anilines is 1. The molecule has 2 nitrogen and oxygen atoms in total. The number of hydrogen-bond donors (Lipinski definition) is 1. The molecule has 0 spiro atoms. The summed E-state index contributed by atoms with van der Waals surface area (Å²) in [6.07, 6.45) is 0. The molecule has 0 fully saturated rings. The molecule has 2 aromatic carbocycles. The van der Waals surface area contributed by atoms with Crippen LogP contribution in [0.3, 0.4) is 0 Å². The molecule has 0 atom stereocenters. The molecule has 0 unspecified atom stereocenters. The number of rotatable bonds is 3. The van der Waals surface area contributed by atoms with Gasteiger partial charge in [-0.3, -0.25) is 5.43 Å². The molecule has 0 aromatic heterocycles. The normalized spacial score (nSPS) is 11.4. The van der Waals surface area contributed by atoms with E-state index in [0.717, 1.165) is 22.0 Å². The van der Waals surface area contributed by atoms with Gasteiger partial charge in [0, 0.05) is 10.0 Å². The van der Waals surface area contributed by atoms with Gasteiger partial charge in [-0.1, -0.05) is 35.3 Å². The highest BCUT2D eigenvalue weighted by Crippen LogP contribution is 2.14. The van der Waals surface area contributed by atoms with Crippen LogP contribution in [0.2, 0.25) is 10.0 Å². The number of hydrogen-bond acceptors (Lipinski definition) is 2. The number of nitrogens with zero attached hydrogens (tertiary/aromatic N) is 1. The van der Waals surface area contributed by atoms with Crippen LogP contribution in [0.4, 0.5) is 5.69 Å². The third-order valence-corrected chi connectivity index (χ3v) is 2.96. The second-order valence-electron chi connectivity index (χ2n) is 3.82. The highest BCUT2D eigenvalue weighted by Gasteiger charge is 1.97. The third kappa shape index (κ3) is 3.49. The summed E-state index contributed by atoms with van der Waals surface area (Å²) in [7, 11) is 0. The van der Waals surface area contributed by atoms with Crippen molar-refractivity contribution < 1.29 is 0 Å². The van der Waals surface area contributed by atoms with Gasteiger partial charge in [-0.25, -0.2) is 0 Å². The first-order valence-corrected chi connectivity index (χ1v) is 6.22. The maximum absolute atomic E-state index is 5.84. The lowest BCUT2D eigenvalue weighted by Crippen LogP contribution is -1.99. The van der Waals surface area contributed by atoms with Crippen molar-refractivity contribution in [2.75, 3.05) is 5.43 Å². The van der Waals surface area contributed by atoms with Crippen LogP contribution < -0.4 is 5.43 Å². The van der Waals surface area contributed by atoms with Gasteiger partial charge in [0.05, 0.1) is 11.4 Å². The number of hydrazone groups is 1. The molecule has 92 valence electrons. The fraction of sp³-hybridized carbons (Fsp3) is 0.0714. The van der Waals surface area contributed by atoms with Gasteiger partial charge in [0.1, 0.15) is 0 Å². The molecule has 0 saturated carbocycles. The maximum atomic E-state index is 5.84. The minimum absolute atomic E-state index is 0.707. The summed E-state index contributed by atoms with van der Waals surface area (Å²) >= 11 is 11.6. The van der Waals surface area contributed by atoms with Crippen LogP contribution in [0, 0.1) is 0 Å². The first-order chi connectivity index (χ1) is 8.65. The van der Waals surface area contributed by atoms with Crippen molar-refractivity contribution in [2.24, 2.45) is 5.10 Å². The highest BCUT2D eigenvalue weighted by molar-refractivity contribution is 6.31. The van der Waals surface area contributed by atoms with Gasteiger partial charge in [-0.05, 0) is 48.9 Å². The van der Waals surface area contributed by atoms with E-state index in [0.29, 0.717) is 5.02 Å². The summed E-state index contributed by atoms with van der Waals surface area (Å²) < 4.78 is 0. The fourth-order valence-corrected chi connectivity index (χ4v) is 1.68. The van der Waals surface area contributed by atoms with Crippen molar-refractivity contribution in [1.29, 1.82) is 0 Å². The van der Waals surface area contributed by atoms with Crippen LogP contribution in [0.15, 0.2) is 53.6 Å². The van der Waals surface area contributed by atoms with Gasteiger partial charge in [-0.2, -0.15) is 5.10 Å². The Kier molecular flexibility index (Phi) is 4.24. The maximum Gasteiger partial charge on any atom is 0.0648 e. The first kappa shape index (κ1) is 12.9. The Morgan fingerprint density at radius 3 is 1.94 bits per heavy atom. The second-order valence-corrected chi connectivity index (χ2v) is 4.70. The zero-order valence-electron chi connectivity index (χ0n) is 9.82. The van der Waals surface area contributed by atoms with E-state index in [4.69, 9.17) is 23.2 Å². The van der Waals surface area contributed by atoms with Crippen LogP contribution in [0.1, 0.15) is 12.5 Å². The Bertz CT molecular complexity index is 545. The lowest BCUT2D eigenvalue weighted by Gasteiger charge is -2.04. The van der Waals surface area contributed by atoms with Crippen LogP contribution in [0.5, 0.6) is 0 Å². The molecular formula is C14H12Cl2N2. The molecule has 2 aromatic rings. The molecule has 0 aliphatic heterocycles. The van der Waals surface area contributed by atoms with Crippen LogP contribution in [-0.2, 0) is 0 Å². The lowest BCUT2D eigenvalue weighted by atomic mass is 10.1. The molecule has 18 heavy (non-hydrogen) atoms. The van der Waals surface area contributed by atoms with E-state index in [1.165, 1.54) is 0 Å². The van der Waals surface area contributed by atoms with Crippen molar-refractivity contribution in [2.45, 2.75) is 6.92 Å². The topological polar surface area (TPSA) is 24.4 Å². The molecule has 0 aliphatic carbocycles. The predicted octanol–water partition coefficient (Wildman–Crippen LogP) is 4.83. The highest BCUT2D eigenvalue weighted by atomic mass is 35.5. The van der Waals surface area contributed by atoms with Gasteiger partial charge in [0.15, 0.2) is 0 Å². The Morgan fingerprint density at radius 2 is 1.39 bits per heavy atom. The average molecular weight is 279 g/mol. The van der Waals surface area contributed by atoms with Gasteiger partial charge >= 0.3 is 0 Å². The summed E-state index contributed by atoms with van der Waals surface area (Å²) in [6.45, 7) is 1.94. The van der Waals surface area contributed by atoms with Crippen LogP contribution in [0.25, 0.3) is 0 Å². The van der Waals surface area contributed by atoms with E-state index < -0.39 is 0 Å². The van der Waals surface area contributed by atoms with Crippen molar-refractivity contribution in [1.82, 2.24) is 0 Å². The quantitative estimate of drug-likeness (QED) is 0.631. The standard InChI is InChI=1S/C14H12Cl2N2/c1-10(11-2-4-12(15)5-3-11)17-18-14-8-6-13(16)7-9-14/h2-9,18H,1H3/b17-10-. The Balaban J connectivity index is 2.09. The fourth-order valence-electron chi connectivity index (χ4n) is 1.43. The van der Waals surface area contributed by atoms with Crippen molar-refractivity contribution in [3.8, 4) is 0 Å². The average Bonchev–Trinajstić information content (AvgIpc) is 2.38. The van der Waals surface area contributed by atoms with E-state index >= 15 is 0 Å². The van der Waals surface area contributed by atoms with Crippen molar-refractivity contribution in [3.63, 3.8) is 0 Å². The zero-order chi connectivity index (χ0) is 13.0. The summed E-state index contributed by atoms with van der Waals surface area (Å²) in [5.74, 6) is 0. The molecule has 4 heteroatoms. The largest absolute Gasteiger partial charge is 0.278 e. The molecule has 0 saturated heterocycles. The monoisotopic (exact) mass is 278 g/mol. The van der Waals surface area contributed by atoms with Gasteiger partial charge in [0.2, 0.25) is 0 Å². The molecule has 0 heterocycles. The molecule has 0 radical (unpaired) electrons. The predicted molar refractivity (Wildman–Crippen MR) is 78.7 cm³/mol. The molecule has 0 amide bonds. The number of halogens is 2. The Morgan fingerprint density at radius 1 is 0.889 bits per heavy atom. The van der Waals surface area contributed by atoms with E-state index in [-0.39, 0.29) is 0 Å². The van der Waals surface area contributed by atoms with Crippen LogP contribution in [-0.4, -0.2) is 5.71 Å². The van der Waals surface area contributed by atoms with Crippen LogP contribution >= 0.6 is 23.2 Å².